The number of furan rings is 1. The lowest BCUT2D eigenvalue weighted by atomic mass is 10.1. The number of amides is 1. The fraction of sp³-hybridized carbons (Fsp3) is 0.100. The molecule has 2 aromatic carbocycles. The number of nitrogens with one attached hydrogen (secondary N) is 3. The van der Waals surface area contributed by atoms with Crippen LogP contribution in [0.15, 0.2) is 65.1 Å². The Hall–Kier alpha value is -2.83. The van der Waals surface area contributed by atoms with Gasteiger partial charge < -0.3 is 9.73 Å². The van der Waals surface area contributed by atoms with E-state index in [-0.39, 0.29) is 10.9 Å². The smallest absolute Gasteiger partial charge is 0.305 e. The monoisotopic (exact) mass is 399 g/mol. The van der Waals surface area contributed by atoms with E-state index >= 15 is 0 Å². The number of aryl methyl sites for hydroxylation is 1. The fourth-order valence-corrected chi connectivity index (χ4v) is 2.89. The van der Waals surface area contributed by atoms with Crippen LogP contribution < -0.4 is 16.2 Å². The van der Waals surface area contributed by atoms with Crippen LogP contribution in [0, 0.1) is 0 Å². The summed E-state index contributed by atoms with van der Waals surface area (Å²) in [5, 5.41) is 3.95. The number of carbonyl (C=O) groups is 1. The summed E-state index contributed by atoms with van der Waals surface area (Å²) in [4.78, 5) is 12.3. The van der Waals surface area contributed by atoms with E-state index in [2.05, 4.69) is 23.1 Å². The van der Waals surface area contributed by atoms with E-state index in [1.807, 2.05) is 36.4 Å². The number of halogens is 1. The number of para-hydroxylation sites is 1. The molecule has 0 saturated carbocycles. The summed E-state index contributed by atoms with van der Waals surface area (Å²) in [7, 11) is 0. The van der Waals surface area contributed by atoms with Crippen LogP contribution in [0.1, 0.15) is 23.0 Å². The molecule has 0 atom stereocenters. The number of thiocarbonyl (C=S) groups is 1. The zero-order valence-corrected chi connectivity index (χ0v) is 16.2. The minimum Gasteiger partial charge on any atom is -0.451 e. The molecular weight excluding hydrogens is 382 g/mol. The van der Waals surface area contributed by atoms with Crippen LogP contribution in [0.2, 0.25) is 5.02 Å². The largest absolute Gasteiger partial charge is 0.451 e. The first-order chi connectivity index (χ1) is 13.1. The molecule has 3 N–H and O–H groups in total. The topological polar surface area (TPSA) is 66.3 Å². The summed E-state index contributed by atoms with van der Waals surface area (Å²) >= 11 is 11.2. The van der Waals surface area contributed by atoms with Crippen molar-refractivity contribution in [1.82, 2.24) is 10.9 Å². The number of benzene rings is 2. The highest BCUT2D eigenvalue weighted by atomic mass is 35.5. The van der Waals surface area contributed by atoms with Crippen LogP contribution in [0.25, 0.3) is 11.3 Å². The Bertz CT molecular complexity index is 971. The molecule has 7 heteroatoms. The molecule has 27 heavy (non-hydrogen) atoms. The molecule has 0 radical (unpaired) electrons. The molecule has 0 unspecified atom stereocenters. The predicted molar refractivity (Wildman–Crippen MR) is 112 cm³/mol. The van der Waals surface area contributed by atoms with Crippen molar-refractivity contribution in [2.75, 3.05) is 5.32 Å². The van der Waals surface area contributed by atoms with Crippen molar-refractivity contribution in [2.24, 2.45) is 0 Å². The minimum atomic E-state index is -0.434. The van der Waals surface area contributed by atoms with Gasteiger partial charge in [0.25, 0.3) is 0 Å². The Labute approximate surface area is 167 Å². The van der Waals surface area contributed by atoms with E-state index in [1.54, 1.807) is 24.3 Å². The average molecular weight is 400 g/mol. The maximum atomic E-state index is 12.3. The van der Waals surface area contributed by atoms with Gasteiger partial charge in [-0.3, -0.25) is 15.6 Å². The van der Waals surface area contributed by atoms with Crippen molar-refractivity contribution >= 4 is 40.5 Å². The Kier molecular flexibility index (Phi) is 6.11. The molecule has 0 fully saturated rings. The van der Waals surface area contributed by atoms with Gasteiger partial charge in [0.15, 0.2) is 10.9 Å². The minimum absolute atomic E-state index is 0.161. The molecule has 1 heterocycles. The van der Waals surface area contributed by atoms with E-state index in [1.165, 1.54) is 0 Å². The van der Waals surface area contributed by atoms with Gasteiger partial charge in [0.05, 0.1) is 0 Å². The molecule has 0 aliphatic heterocycles. The van der Waals surface area contributed by atoms with Crippen molar-refractivity contribution < 1.29 is 9.21 Å². The number of rotatable bonds is 4. The Balaban J connectivity index is 1.59. The Morgan fingerprint density at radius 1 is 1.07 bits per heavy atom. The van der Waals surface area contributed by atoms with E-state index in [0.717, 1.165) is 23.2 Å². The molecule has 1 amide bonds. The van der Waals surface area contributed by atoms with E-state index < -0.39 is 5.91 Å². The SMILES string of the molecule is CCc1ccccc1NC(=S)NNC(=O)c1ccc(-c2cccc(Cl)c2)o1. The summed E-state index contributed by atoms with van der Waals surface area (Å²) in [5.74, 6) is 0.283. The number of hydrazine groups is 1. The van der Waals surface area contributed by atoms with Crippen LogP contribution in [-0.4, -0.2) is 11.0 Å². The first-order valence-corrected chi connectivity index (χ1v) is 9.16. The predicted octanol–water partition coefficient (Wildman–Crippen LogP) is 4.79. The second-order valence-electron chi connectivity index (χ2n) is 5.72. The maximum Gasteiger partial charge on any atom is 0.305 e. The molecule has 1 aromatic heterocycles. The van der Waals surface area contributed by atoms with Crippen LogP contribution in [0.4, 0.5) is 5.69 Å². The zero-order chi connectivity index (χ0) is 19.2. The first-order valence-electron chi connectivity index (χ1n) is 8.38. The summed E-state index contributed by atoms with van der Waals surface area (Å²) in [6.45, 7) is 2.06. The van der Waals surface area contributed by atoms with Crippen molar-refractivity contribution in [1.29, 1.82) is 0 Å². The van der Waals surface area contributed by atoms with Crippen molar-refractivity contribution in [3.8, 4) is 11.3 Å². The second kappa shape index (κ2) is 8.70. The lowest BCUT2D eigenvalue weighted by Crippen LogP contribution is -2.43. The normalized spacial score (nSPS) is 10.3. The van der Waals surface area contributed by atoms with Crippen molar-refractivity contribution in [3.63, 3.8) is 0 Å². The van der Waals surface area contributed by atoms with Gasteiger partial charge in [0.2, 0.25) is 0 Å². The summed E-state index contributed by atoms with van der Waals surface area (Å²) in [6, 6.07) is 18.4. The average Bonchev–Trinajstić information content (AvgIpc) is 3.17. The van der Waals surface area contributed by atoms with Gasteiger partial charge in [-0.25, -0.2) is 0 Å². The number of hydrogen-bond acceptors (Lipinski definition) is 3. The second-order valence-corrected chi connectivity index (χ2v) is 6.56. The molecule has 0 saturated heterocycles. The molecule has 0 bridgehead atoms. The van der Waals surface area contributed by atoms with Gasteiger partial charge in [-0.05, 0) is 54.5 Å². The van der Waals surface area contributed by atoms with Crippen molar-refractivity contribution in [2.45, 2.75) is 13.3 Å². The third kappa shape index (κ3) is 4.87. The fourth-order valence-electron chi connectivity index (χ4n) is 2.54. The van der Waals surface area contributed by atoms with Gasteiger partial charge in [-0.15, -0.1) is 0 Å². The molecule has 138 valence electrons. The molecule has 0 aliphatic carbocycles. The van der Waals surface area contributed by atoms with Gasteiger partial charge in [-0.2, -0.15) is 0 Å². The van der Waals surface area contributed by atoms with Crippen LogP contribution in [-0.2, 0) is 6.42 Å². The quantitative estimate of drug-likeness (QED) is 0.434. The maximum absolute atomic E-state index is 12.3. The molecule has 3 rings (SSSR count). The molecular formula is C20H18ClN3O2S. The molecule has 0 aliphatic rings. The highest BCUT2D eigenvalue weighted by Gasteiger charge is 2.13. The van der Waals surface area contributed by atoms with E-state index in [9.17, 15) is 4.79 Å². The lowest BCUT2D eigenvalue weighted by molar-refractivity contribution is 0.0917. The Morgan fingerprint density at radius 2 is 1.89 bits per heavy atom. The van der Waals surface area contributed by atoms with Crippen LogP contribution in [0.3, 0.4) is 0 Å². The Morgan fingerprint density at radius 3 is 2.67 bits per heavy atom. The van der Waals surface area contributed by atoms with Gasteiger partial charge >= 0.3 is 5.91 Å². The van der Waals surface area contributed by atoms with Gasteiger partial charge in [0.1, 0.15) is 5.76 Å². The number of carbonyl (C=O) groups excluding carboxylic acids is 1. The molecule has 5 nitrogen and oxygen atoms in total. The lowest BCUT2D eigenvalue weighted by Gasteiger charge is -2.13. The third-order valence-corrected chi connectivity index (χ3v) is 4.31. The summed E-state index contributed by atoms with van der Waals surface area (Å²) in [6.07, 6.45) is 0.872. The van der Waals surface area contributed by atoms with E-state index in [0.29, 0.717) is 10.8 Å². The van der Waals surface area contributed by atoms with Crippen molar-refractivity contribution in [3.05, 3.63) is 77.0 Å². The highest BCUT2D eigenvalue weighted by molar-refractivity contribution is 7.80. The first kappa shape index (κ1) is 18.9. The summed E-state index contributed by atoms with van der Waals surface area (Å²) < 4.78 is 5.60. The number of anilines is 1. The van der Waals surface area contributed by atoms with Gasteiger partial charge in [-0.1, -0.05) is 48.9 Å². The zero-order valence-electron chi connectivity index (χ0n) is 14.6. The third-order valence-electron chi connectivity index (χ3n) is 3.87. The van der Waals surface area contributed by atoms with E-state index in [4.69, 9.17) is 28.2 Å². The van der Waals surface area contributed by atoms with Gasteiger partial charge in [0, 0.05) is 16.3 Å². The molecule has 3 aromatic rings. The highest BCUT2D eigenvalue weighted by Crippen LogP contribution is 2.24. The van der Waals surface area contributed by atoms with Crippen LogP contribution >= 0.6 is 23.8 Å². The summed E-state index contributed by atoms with van der Waals surface area (Å²) in [5.41, 5.74) is 8.02. The molecule has 0 spiro atoms. The van der Waals surface area contributed by atoms with Crippen LogP contribution in [0.5, 0.6) is 0 Å². The standard InChI is InChI=1S/C20H18ClN3O2S/c1-2-13-6-3-4-9-16(13)22-20(27)24-23-19(25)18-11-10-17(26-18)14-7-5-8-15(21)12-14/h3-12H,2H2,1H3,(H,23,25)(H2,22,24,27). The number of hydrogen-bond donors (Lipinski definition) is 3.